The molecule has 2 rings (SSSR count). The molecule has 2 N–H and O–H groups in total. The first-order chi connectivity index (χ1) is 9.82. The summed E-state index contributed by atoms with van der Waals surface area (Å²) in [7, 11) is 0. The lowest BCUT2D eigenvalue weighted by atomic mass is 9.75. The van der Waals surface area contributed by atoms with Crippen LogP contribution in [-0.2, 0) is 6.18 Å². The van der Waals surface area contributed by atoms with E-state index in [-0.39, 0.29) is 12.0 Å². The van der Waals surface area contributed by atoms with E-state index < -0.39 is 11.7 Å². The molecule has 118 valence electrons. The van der Waals surface area contributed by atoms with Crippen LogP contribution in [0.1, 0.15) is 56.2 Å². The second-order valence-electron chi connectivity index (χ2n) is 5.96. The molecule has 0 aromatic heterocycles. The van der Waals surface area contributed by atoms with Crippen molar-refractivity contribution in [3.63, 3.8) is 0 Å². The first kappa shape index (κ1) is 16.8. The topological polar surface area (TPSA) is 26.0 Å². The summed E-state index contributed by atoms with van der Waals surface area (Å²) in [5.74, 6) is 0.919. The fourth-order valence-electron chi connectivity index (χ4n) is 3.26. The van der Waals surface area contributed by atoms with E-state index in [0.29, 0.717) is 16.0 Å². The summed E-state index contributed by atoms with van der Waals surface area (Å²) in [5.41, 5.74) is 6.25. The summed E-state index contributed by atoms with van der Waals surface area (Å²) < 4.78 is 39.3. The van der Waals surface area contributed by atoms with Crippen molar-refractivity contribution in [3.05, 3.63) is 33.8 Å². The zero-order chi connectivity index (χ0) is 15.6. The van der Waals surface area contributed by atoms with Crippen molar-refractivity contribution in [2.75, 3.05) is 0 Å². The van der Waals surface area contributed by atoms with Gasteiger partial charge in [0, 0.05) is 10.5 Å². The third kappa shape index (κ3) is 4.01. The van der Waals surface area contributed by atoms with Gasteiger partial charge in [-0.2, -0.15) is 13.2 Å². The lowest BCUT2D eigenvalue weighted by Crippen LogP contribution is -2.27. The van der Waals surface area contributed by atoms with E-state index in [1.165, 1.54) is 18.6 Å². The van der Waals surface area contributed by atoms with Gasteiger partial charge in [-0.05, 0) is 48.4 Å². The van der Waals surface area contributed by atoms with Crippen LogP contribution in [0.5, 0.6) is 0 Å². The first-order valence-electron chi connectivity index (χ1n) is 7.45. The maximum absolute atomic E-state index is 12.9. The van der Waals surface area contributed by atoms with Gasteiger partial charge in [-0.3, -0.25) is 0 Å². The van der Waals surface area contributed by atoms with Gasteiger partial charge in [0.2, 0.25) is 0 Å². The van der Waals surface area contributed by atoms with E-state index >= 15 is 0 Å². The standard InChI is InChI=1S/C16H21BrF3N/c1-2-10-4-3-5-11(8-10)15(21)13-9-12(16(18,19)20)6-7-14(13)17/h6-7,9-11,15H,2-5,8,21H2,1H3. The fraction of sp³-hybridized carbons (Fsp3) is 0.625. The molecule has 1 aromatic rings. The van der Waals surface area contributed by atoms with Gasteiger partial charge >= 0.3 is 6.18 Å². The molecule has 0 saturated heterocycles. The van der Waals surface area contributed by atoms with Crippen LogP contribution < -0.4 is 5.73 Å². The molecule has 0 amide bonds. The van der Waals surface area contributed by atoms with Crippen LogP contribution in [0.25, 0.3) is 0 Å². The molecule has 1 aliphatic carbocycles. The zero-order valence-corrected chi connectivity index (χ0v) is 13.7. The van der Waals surface area contributed by atoms with E-state index in [0.717, 1.165) is 31.7 Å². The summed E-state index contributed by atoms with van der Waals surface area (Å²) in [4.78, 5) is 0. The minimum Gasteiger partial charge on any atom is -0.324 e. The van der Waals surface area contributed by atoms with E-state index in [2.05, 4.69) is 22.9 Å². The molecule has 1 nitrogen and oxygen atoms in total. The van der Waals surface area contributed by atoms with E-state index in [1.807, 2.05) is 0 Å². The van der Waals surface area contributed by atoms with Gasteiger partial charge in [0.25, 0.3) is 0 Å². The predicted molar refractivity (Wildman–Crippen MR) is 81.8 cm³/mol. The summed E-state index contributed by atoms with van der Waals surface area (Å²) in [5, 5.41) is 0. The Morgan fingerprint density at radius 3 is 2.67 bits per heavy atom. The Bertz CT molecular complexity index is 487. The van der Waals surface area contributed by atoms with Crippen LogP contribution in [0.3, 0.4) is 0 Å². The Labute approximate surface area is 132 Å². The number of benzene rings is 1. The van der Waals surface area contributed by atoms with E-state index in [9.17, 15) is 13.2 Å². The van der Waals surface area contributed by atoms with Crippen molar-refractivity contribution in [3.8, 4) is 0 Å². The van der Waals surface area contributed by atoms with Gasteiger partial charge in [0.1, 0.15) is 0 Å². The van der Waals surface area contributed by atoms with Crippen LogP contribution in [0.4, 0.5) is 13.2 Å². The molecular weight excluding hydrogens is 343 g/mol. The fourth-order valence-corrected chi connectivity index (χ4v) is 3.77. The highest BCUT2D eigenvalue weighted by Crippen LogP contribution is 2.40. The number of nitrogens with two attached hydrogens (primary N) is 1. The molecule has 0 aliphatic heterocycles. The molecule has 21 heavy (non-hydrogen) atoms. The van der Waals surface area contributed by atoms with Crippen molar-refractivity contribution >= 4 is 15.9 Å². The molecule has 1 aliphatic rings. The number of halogens is 4. The van der Waals surface area contributed by atoms with Gasteiger partial charge in [0.15, 0.2) is 0 Å². The number of hydrogen-bond acceptors (Lipinski definition) is 1. The highest BCUT2D eigenvalue weighted by molar-refractivity contribution is 9.10. The van der Waals surface area contributed by atoms with Gasteiger partial charge < -0.3 is 5.73 Å². The van der Waals surface area contributed by atoms with E-state index in [1.54, 1.807) is 0 Å². The largest absolute Gasteiger partial charge is 0.416 e. The second kappa shape index (κ2) is 6.69. The van der Waals surface area contributed by atoms with Crippen LogP contribution in [0.2, 0.25) is 0 Å². The molecule has 0 heterocycles. The van der Waals surface area contributed by atoms with Gasteiger partial charge in [-0.15, -0.1) is 0 Å². The first-order valence-corrected chi connectivity index (χ1v) is 8.24. The minimum absolute atomic E-state index is 0.267. The summed E-state index contributed by atoms with van der Waals surface area (Å²) >= 11 is 3.35. The van der Waals surface area contributed by atoms with Crippen molar-refractivity contribution in [1.29, 1.82) is 0 Å². The highest BCUT2D eigenvalue weighted by atomic mass is 79.9. The highest BCUT2D eigenvalue weighted by Gasteiger charge is 2.33. The Kier molecular flexibility index (Phi) is 5.36. The molecule has 1 fully saturated rings. The molecule has 0 spiro atoms. The molecule has 3 unspecified atom stereocenters. The number of hydrogen-bond donors (Lipinski definition) is 1. The SMILES string of the molecule is CCC1CCCC(C(N)c2cc(C(F)(F)F)ccc2Br)C1. The van der Waals surface area contributed by atoms with Crippen LogP contribution in [0.15, 0.2) is 22.7 Å². The van der Waals surface area contributed by atoms with E-state index in [4.69, 9.17) is 5.73 Å². The Hall–Kier alpha value is -0.550. The van der Waals surface area contributed by atoms with Crippen molar-refractivity contribution in [2.45, 2.75) is 51.2 Å². The average Bonchev–Trinajstić information content (AvgIpc) is 2.46. The van der Waals surface area contributed by atoms with Gasteiger partial charge in [-0.25, -0.2) is 0 Å². The van der Waals surface area contributed by atoms with Crippen LogP contribution in [0, 0.1) is 11.8 Å². The van der Waals surface area contributed by atoms with Crippen LogP contribution >= 0.6 is 15.9 Å². The Morgan fingerprint density at radius 2 is 2.05 bits per heavy atom. The van der Waals surface area contributed by atoms with Gasteiger partial charge in [-0.1, -0.05) is 42.1 Å². The zero-order valence-electron chi connectivity index (χ0n) is 12.1. The summed E-state index contributed by atoms with van der Waals surface area (Å²) in [6.45, 7) is 2.17. The molecule has 5 heteroatoms. The normalized spacial score (nSPS) is 24.9. The Balaban J connectivity index is 2.23. The smallest absolute Gasteiger partial charge is 0.324 e. The second-order valence-corrected chi connectivity index (χ2v) is 6.82. The monoisotopic (exact) mass is 363 g/mol. The maximum atomic E-state index is 12.9. The average molecular weight is 364 g/mol. The maximum Gasteiger partial charge on any atom is 0.416 e. The van der Waals surface area contributed by atoms with Gasteiger partial charge in [0.05, 0.1) is 5.56 Å². The summed E-state index contributed by atoms with van der Waals surface area (Å²) in [6, 6.07) is 3.41. The lowest BCUT2D eigenvalue weighted by molar-refractivity contribution is -0.137. The Morgan fingerprint density at radius 1 is 1.33 bits per heavy atom. The molecule has 1 aromatic carbocycles. The summed E-state index contributed by atoms with van der Waals surface area (Å²) in [6.07, 6.45) is 1.14. The van der Waals surface area contributed by atoms with Crippen LogP contribution in [-0.4, -0.2) is 0 Å². The molecule has 1 saturated carbocycles. The third-order valence-corrected chi connectivity index (χ3v) is 5.31. The van der Waals surface area contributed by atoms with Crippen molar-refractivity contribution in [1.82, 2.24) is 0 Å². The molecule has 0 bridgehead atoms. The predicted octanol–water partition coefficient (Wildman–Crippen LogP) is 5.68. The number of alkyl halides is 3. The quantitative estimate of drug-likeness (QED) is 0.733. The molecular formula is C16H21BrF3N. The van der Waals surface area contributed by atoms with Crippen molar-refractivity contribution in [2.24, 2.45) is 17.6 Å². The molecule has 0 radical (unpaired) electrons. The third-order valence-electron chi connectivity index (χ3n) is 4.59. The minimum atomic E-state index is -4.33. The lowest BCUT2D eigenvalue weighted by Gasteiger charge is -2.33. The molecule has 3 atom stereocenters. The van der Waals surface area contributed by atoms with Crippen molar-refractivity contribution < 1.29 is 13.2 Å². The number of rotatable bonds is 3.